The van der Waals surface area contributed by atoms with Crippen molar-refractivity contribution in [2.75, 3.05) is 0 Å². The minimum Gasteiger partial charge on any atom is -0.500 e. The second-order valence-electron chi connectivity index (χ2n) is 13.7. The quantitative estimate of drug-likeness (QED) is 0.128. The fourth-order valence-electron chi connectivity index (χ4n) is 5.41. The van der Waals surface area contributed by atoms with Crippen molar-refractivity contribution < 1.29 is 30.3 Å². The number of hydrogen-bond acceptors (Lipinski definition) is 3. The predicted molar refractivity (Wildman–Crippen MR) is 184 cm³/mol. The minimum absolute atomic E-state index is 0. The maximum atomic E-state index is 14.2. The van der Waals surface area contributed by atoms with Gasteiger partial charge < -0.3 is 9.40 Å². The standard InChI is InChI=1S/C20H15FNO.C19H26GeN.Ir/c1-12(2)13-9-10-22-17(11-13)14-5-3-6-15-19-16(21)7-4-8-18(19)23-20(14)15;1-19(2,3)13-16-12-18(15-10-8-7-9-11-15)21-14-17(16)20(4,5)6;/h3-4,6-12H,1-2H3;7-10,12,14H,13H2,1-6H3;/q2*-1;/i12D;;. The Bertz CT molecular complexity index is 1950. The van der Waals surface area contributed by atoms with E-state index < -0.39 is 19.2 Å². The van der Waals surface area contributed by atoms with E-state index in [1.807, 2.05) is 44.2 Å². The molecule has 235 valence electrons. The van der Waals surface area contributed by atoms with Crippen molar-refractivity contribution in [1.29, 1.82) is 0 Å². The Kier molecular flexibility index (Phi) is 10.4. The molecule has 0 aliphatic heterocycles. The van der Waals surface area contributed by atoms with Crippen molar-refractivity contribution in [3.63, 3.8) is 0 Å². The van der Waals surface area contributed by atoms with Crippen LogP contribution in [0.25, 0.3) is 44.5 Å². The molecule has 3 nitrogen and oxygen atoms in total. The SMILES string of the molecule is CC(C)(C)Cc1cc(-c2[c-]cccc2)nc[c]1[Ge]([CH3])([CH3])[CH3].[2H]C(C)(C)c1ccnc(-c2[c-]ccc3c2oc2cccc(F)c23)c1.[Ir]. The van der Waals surface area contributed by atoms with Gasteiger partial charge in [-0.05, 0) is 29.8 Å². The average Bonchev–Trinajstić information content (AvgIpc) is 3.36. The molecule has 6 heteroatoms. The first-order valence-electron chi connectivity index (χ1n) is 15.6. The number of furan rings is 1. The summed E-state index contributed by atoms with van der Waals surface area (Å²) >= 11 is -1.90. The number of aromatic nitrogens is 2. The van der Waals surface area contributed by atoms with Gasteiger partial charge in [-0.25, -0.2) is 4.39 Å². The molecule has 0 unspecified atom stereocenters. The van der Waals surface area contributed by atoms with E-state index in [1.165, 1.54) is 16.0 Å². The van der Waals surface area contributed by atoms with Crippen LogP contribution in [-0.2, 0) is 26.5 Å². The summed E-state index contributed by atoms with van der Waals surface area (Å²) in [6.45, 7) is 10.6. The summed E-state index contributed by atoms with van der Waals surface area (Å²) in [6.07, 6.45) is 4.92. The van der Waals surface area contributed by atoms with Crippen molar-refractivity contribution in [2.24, 2.45) is 5.41 Å². The van der Waals surface area contributed by atoms with Crippen LogP contribution in [0, 0.1) is 23.4 Å². The summed E-state index contributed by atoms with van der Waals surface area (Å²) in [5.41, 5.74) is 7.16. The minimum atomic E-state index is -1.90. The van der Waals surface area contributed by atoms with Crippen molar-refractivity contribution in [2.45, 2.75) is 64.2 Å². The van der Waals surface area contributed by atoms with Crippen LogP contribution in [0.3, 0.4) is 0 Å². The summed E-state index contributed by atoms with van der Waals surface area (Å²) in [7, 11) is 0. The van der Waals surface area contributed by atoms with Crippen molar-refractivity contribution in [1.82, 2.24) is 9.97 Å². The zero-order chi connectivity index (χ0) is 32.6. The Morgan fingerprint density at radius 3 is 2.38 bits per heavy atom. The third-order valence-corrected chi connectivity index (χ3v) is 11.8. The molecule has 0 bridgehead atoms. The summed E-state index contributed by atoms with van der Waals surface area (Å²) < 4.78 is 29.8. The van der Waals surface area contributed by atoms with Crippen LogP contribution >= 0.6 is 0 Å². The Labute approximate surface area is 284 Å². The molecule has 0 atom stereocenters. The van der Waals surface area contributed by atoms with Crippen LogP contribution in [0.1, 0.15) is 53.0 Å². The zero-order valence-corrected chi connectivity index (χ0v) is 31.8. The Balaban J connectivity index is 0.000000207. The predicted octanol–water partition coefficient (Wildman–Crippen LogP) is 10.4. The molecule has 3 aromatic heterocycles. The maximum Gasteiger partial charge on any atom is 0.133 e. The number of rotatable bonds is 5. The number of fused-ring (bicyclic) bond motifs is 3. The molecule has 0 aliphatic carbocycles. The van der Waals surface area contributed by atoms with Crippen LogP contribution in [0.2, 0.25) is 17.3 Å². The number of benzene rings is 3. The molecular weight excluding hydrogens is 796 g/mol. The third kappa shape index (κ3) is 8.19. The van der Waals surface area contributed by atoms with Crippen LogP contribution in [-0.4, -0.2) is 23.2 Å². The van der Waals surface area contributed by atoms with Crippen LogP contribution in [0.4, 0.5) is 4.39 Å². The van der Waals surface area contributed by atoms with E-state index in [2.05, 4.69) is 73.5 Å². The van der Waals surface area contributed by atoms with E-state index in [1.54, 1.807) is 30.5 Å². The molecule has 0 aliphatic rings. The molecule has 0 saturated heterocycles. The molecule has 6 aromatic rings. The van der Waals surface area contributed by atoms with Gasteiger partial charge in [-0.2, -0.15) is 0 Å². The van der Waals surface area contributed by atoms with Gasteiger partial charge in [-0.15, -0.1) is 18.2 Å². The Morgan fingerprint density at radius 1 is 0.933 bits per heavy atom. The van der Waals surface area contributed by atoms with E-state index in [9.17, 15) is 4.39 Å². The molecule has 0 saturated carbocycles. The fraction of sp³-hybridized carbons (Fsp3) is 0.282. The van der Waals surface area contributed by atoms with Crippen molar-refractivity contribution in [3.8, 4) is 22.5 Å². The fourth-order valence-corrected chi connectivity index (χ4v) is 8.71. The van der Waals surface area contributed by atoms with Gasteiger partial charge in [0.25, 0.3) is 0 Å². The Morgan fingerprint density at radius 2 is 1.71 bits per heavy atom. The normalized spacial score (nSPS) is 12.3. The van der Waals surface area contributed by atoms with Gasteiger partial charge in [0, 0.05) is 33.1 Å². The van der Waals surface area contributed by atoms with Gasteiger partial charge in [-0.3, -0.25) is 0 Å². The van der Waals surface area contributed by atoms with E-state index >= 15 is 0 Å². The van der Waals surface area contributed by atoms with Crippen molar-refractivity contribution in [3.05, 3.63) is 114 Å². The van der Waals surface area contributed by atoms with E-state index in [0.29, 0.717) is 38.6 Å². The zero-order valence-electron chi connectivity index (χ0n) is 28.3. The molecular formula is C39H41FGeIrN2O-2. The topological polar surface area (TPSA) is 38.9 Å². The van der Waals surface area contributed by atoms with E-state index in [0.717, 1.165) is 23.2 Å². The van der Waals surface area contributed by atoms with Gasteiger partial charge in [0.2, 0.25) is 0 Å². The summed E-state index contributed by atoms with van der Waals surface area (Å²) in [5, 5.41) is 1.17. The van der Waals surface area contributed by atoms with Gasteiger partial charge in [0.1, 0.15) is 11.4 Å². The Hall–Kier alpha value is -3.12. The first-order valence-corrected chi connectivity index (χ1v) is 22.4. The second-order valence-corrected chi connectivity index (χ2v) is 24.3. The second kappa shape index (κ2) is 14.1. The molecule has 6 rings (SSSR count). The molecule has 45 heavy (non-hydrogen) atoms. The molecule has 3 heterocycles. The molecule has 0 fully saturated rings. The molecule has 3 aromatic carbocycles. The number of halogens is 1. The summed E-state index contributed by atoms with van der Waals surface area (Å²) in [6, 6.07) is 28.9. The molecule has 1 radical (unpaired) electrons. The number of nitrogens with zero attached hydrogens (tertiary/aromatic N) is 2. The van der Waals surface area contributed by atoms with E-state index in [-0.39, 0.29) is 25.9 Å². The maximum absolute atomic E-state index is 14.2. The van der Waals surface area contributed by atoms with Crippen molar-refractivity contribution >= 4 is 39.6 Å². The molecule has 0 spiro atoms. The third-order valence-electron chi connectivity index (χ3n) is 7.50. The summed E-state index contributed by atoms with van der Waals surface area (Å²) in [4.78, 5) is 9.12. The first kappa shape index (κ1) is 33.3. The monoisotopic (exact) mass is 840 g/mol. The van der Waals surface area contributed by atoms with Crippen LogP contribution in [0.15, 0.2) is 89.6 Å². The van der Waals surface area contributed by atoms with Gasteiger partial charge in [0.15, 0.2) is 0 Å². The van der Waals surface area contributed by atoms with Gasteiger partial charge in [0.05, 0.1) is 5.58 Å². The average molecular weight is 839 g/mol. The van der Waals surface area contributed by atoms with Crippen LogP contribution in [0.5, 0.6) is 0 Å². The first-order chi connectivity index (χ1) is 21.1. The number of pyridine rings is 2. The molecule has 0 N–H and O–H groups in total. The van der Waals surface area contributed by atoms with Gasteiger partial charge >= 0.3 is 132 Å². The molecule has 0 amide bonds. The summed E-state index contributed by atoms with van der Waals surface area (Å²) in [5.74, 6) is 6.29. The smallest absolute Gasteiger partial charge is 0.133 e. The number of hydrogen-bond donors (Lipinski definition) is 0. The van der Waals surface area contributed by atoms with Gasteiger partial charge in [-0.1, -0.05) is 42.5 Å². The van der Waals surface area contributed by atoms with E-state index in [4.69, 9.17) is 10.8 Å². The van der Waals surface area contributed by atoms with Crippen LogP contribution < -0.4 is 4.40 Å². The largest absolute Gasteiger partial charge is 0.500 e.